The summed E-state index contributed by atoms with van der Waals surface area (Å²) in [6, 6.07) is 0.206. The Hall–Kier alpha value is -0.860. The van der Waals surface area contributed by atoms with E-state index in [1.165, 1.54) is 18.6 Å². The van der Waals surface area contributed by atoms with Gasteiger partial charge in [0.1, 0.15) is 0 Å². The summed E-state index contributed by atoms with van der Waals surface area (Å²) < 4.78 is 16.6. The number of carbonyl (C=O) groups excluding carboxylic acids is 3. The molecule has 0 bridgehead atoms. The number of hydrogen-bond acceptors (Lipinski definition) is 9. The fraction of sp³-hybridized carbons (Fsp3) is 0.893. The zero-order valence-corrected chi connectivity index (χ0v) is 26.8. The fourth-order valence-corrected chi connectivity index (χ4v) is 9.57. The fourth-order valence-electron chi connectivity index (χ4n) is 4.96. The molecule has 13 heteroatoms. The molecule has 3 heterocycles. The standard InChI is InChI=1S/C28H50N4O6S3/c33-25(9-3-1-7-22-11-20-39-41-22)29-12-5-14-36-16-18-38-19-17-37-15-6-13-30-26(34)10-4-2-8-23-21-24-27(40-23)32-28(35)31-24/h22-24,27H,1-21H2,(H,29,33)(H,30,34)(H2,31,32,35)/t22-,23-,24-,27+/m1/s1. The molecule has 3 aliphatic heterocycles. The second-order valence-corrected chi connectivity index (χ2v) is 14.9. The number of urea groups is 1. The maximum absolute atomic E-state index is 12.0. The van der Waals surface area contributed by atoms with Gasteiger partial charge in [-0.05, 0) is 51.4 Å². The molecule has 4 atom stereocenters. The van der Waals surface area contributed by atoms with Gasteiger partial charge < -0.3 is 35.5 Å². The predicted molar refractivity (Wildman–Crippen MR) is 168 cm³/mol. The van der Waals surface area contributed by atoms with E-state index in [-0.39, 0.29) is 29.3 Å². The number of fused-ring (bicyclic) bond motifs is 1. The Morgan fingerprint density at radius 2 is 1.34 bits per heavy atom. The van der Waals surface area contributed by atoms with Crippen molar-refractivity contribution in [1.82, 2.24) is 21.3 Å². The van der Waals surface area contributed by atoms with Gasteiger partial charge >= 0.3 is 6.03 Å². The van der Waals surface area contributed by atoms with Gasteiger partial charge in [-0.15, -0.1) is 11.8 Å². The van der Waals surface area contributed by atoms with E-state index in [2.05, 4.69) is 21.3 Å². The van der Waals surface area contributed by atoms with E-state index in [4.69, 9.17) is 14.2 Å². The molecule has 0 radical (unpaired) electrons. The zero-order valence-electron chi connectivity index (χ0n) is 24.3. The van der Waals surface area contributed by atoms with Crippen LogP contribution in [0.1, 0.15) is 77.0 Å². The van der Waals surface area contributed by atoms with Crippen LogP contribution in [0.25, 0.3) is 0 Å². The van der Waals surface area contributed by atoms with E-state index in [0.717, 1.165) is 56.6 Å². The lowest BCUT2D eigenvalue weighted by Crippen LogP contribution is -2.27. The van der Waals surface area contributed by atoms with Gasteiger partial charge in [0.2, 0.25) is 11.8 Å². The molecule has 4 N–H and O–H groups in total. The van der Waals surface area contributed by atoms with Gasteiger partial charge in [-0.25, -0.2) is 4.79 Å². The molecule has 0 unspecified atom stereocenters. The minimum atomic E-state index is -0.0536. The van der Waals surface area contributed by atoms with Crippen molar-refractivity contribution < 1.29 is 28.6 Å². The summed E-state index contributed by atoms with van der Waals surface area (Å²) in [6.07, 6.45) is 11.5. The van der Waals surface area contributed by atoms with Gasteiger partial charge in [0, 0.05) is 55.4 Å². The Morgan fingerprint density at radius 1 is 0.756 bits per heavy atom. The molecular weight excluding hydrogens is 585 g/mol. The summed E-state index contributed by atoms with van der Waals surface area (Å²) in [7, 11) is 3.98. The molecule has 0 aliphatic carbocycles. The molecule has 3 saturated heterocycles. The lowest BCUT2D eigenvalue weighted by molar-refractivity contribution is -0.122. The topological polar surface area (TPSA) is 127 Å². The van der Waals surface area contributed by atoms with Gasteiger partial charge in [-0.2, -0.15) is 0 Å². The van der Waals surface area contributed by atoms with E-state index >= 15 is 0 Å². The number of rotatable bonds is 24. The number of ether oxygens (including phenoxy) is 3. The average molecular weight is 635 g/mol. The zero-order chi connectivity index (χ0) is 29.0. The third kappa shape index (κ3) is 16.0. The first kappa shape index (κ1) is 34.6. The lowest BCUT2D eigenvalue weighted by Gasteiger charge is -2.10. The molecule has 0 spiro atoms. The third-order valence-corrected chi connectivity index (χ3v) is 11.8. The summed E-state index contributed by atoms with van der Waals surface area (Å²) in [5, 5.41) is 13.4. The summed E-state index contributed by atoms with van der Waals surface area (Å²) in [4.78, 5) is 35.2. The largest absolute Gasteiger partial charge is 0.379 e. The van der Waals surface area contributed by atoms with E-state index in [1.54, 1.807) is 0 Å². The van der Waals surface area contributed by atoms with E-state index in [0.29, 0.717) is 70.8 Å². The van der Waals surface area contributed by atoms with Crippen molar-refractivity contribution in [2.24, 2.45) is 0 Å². The molecule has 0 aromatic rings. The van der Waals surface area contributed by atoms with Crippen molar-refractivity contribution in [2.75, 3.05) is 58.5 Å². The molecular formula is C28H50N4O6S3. The monoisotopic (exact) mass is 634 g/mol. The van der Waals surface area contributed by atoms with Crippen LogP contribution < -0.4 is 21.3 Å². The van der Waals surface area contributed by atoms with Crippen LogP contribution in [0.2, 0.25) is 0 Å². The summed E-state index contributed by atoms with van der Waals surface area (Å²) in [6.45, 7) is 4.60. The maximum Gasteiger partial charge on any atom is 0.316 e. The number of hydrogen-bond donors (Lipinski definition) is 4. The van der Waals surface area contributed by atoms with Crippen LogP contribution in [0.4, 0.5) is 4.79 Å². The Balaban J connectivity index is 0.964. The maximum atomic E-state index is 12.0. The molecule has 3 rings (SSSR count). The summed E-state index contributed by atoms with van der Waals surface area (Å²) in [5.41, 5.74) is 0. The number of nitrogens with one attached hydrogen (secondary N) is 4. The molecule has 10 nitrogen and oxygen atoms in total. The van der Waals surface area contributed by atoms with Crippen LogP contribution in [0, 0.1) is 0 Å². The highest BCUT2D eigenvalue weighted by molar-refractivity contribution is 8.77. The van der Waals surface area contributed by atoms with Crippen LogP contribution in [-0.2, 0) is 23.8 Å². The molecule has 3 aliphatic rings. The highest BCUT2D eigenvalue weighted by Crippen LogP contribution is 2.40. The van der Waals surface area contributed by atoms with Crippen molar-refractivity contribution in [3.63, 3.8) is 0 Å². The Labute approximate surface area is 257 Å². The van der Waals surface area contributed by atoms with Crippen molar-refractivity contribution in [3.05, 3.63) is 0 Å². The minimum absolute atomic E-state index is 0.0536. The van der Waals surface area contributed by atoms with E-state index in [9.17, 15) is 14.4 Å². The summed E-state index contributed by atoms with van der Waals surface area (Å²) >= 11 is 1.84. The molecule has 236 valence electrons. The van der Waals surface area contributed by atoms with Gasteiger partial charge in [0.25, 0.3) is 0 Å². The van der Waals surface area contributed by atoms with E-state index < -0.39 is 0 Å². The first-order chi connectivity index (χ1) is 20.1. The SMILES string of the molecule is O=C(CCCC[C@@H]1CCSS1)NCCCOCCOCCOCCCNC(=O)CCCC[C@@H]1C[C@H]2NC(=O)N[C@H]2S1. The smallest absolute Gasteiger partial charge is 0.316 e. The second-order valence-electron chi connectivity index (χ2n) is 10.7. The number of thioether (sulfide) groups is 1. The third-order valence-electron chi connectivity index (χ3n) is 7.22. The normalized spacial score (nSPS) is 23.3. The molecule has 41 heavy (non-hydrogen) atoms. The highest BCUT2D eigenvalue weighted by Gasteiger charge is 2.40. The van der Waals surface area contributed by atoms with Gasteiger partial charge in [0.05, 0.1) is 37.8 Å². The number of amides is 4. The second kappa shape index (κ2) is 21.8. The van der Waals surface area contributed by atoms with Crippen molar-refractivity contribution in [3.8, 4) is 0 Å². The number of unbranched alkanes of at least 4 members (excludes halogenated alkanes) is 2. The molecule has 0 aromatic heterocycles. The first-order valence-corrected chi connectivity index (χ1v) is 18.7. The number of carbonyl (C=O) groups is 3. The lowest BCUT2D eigenvalue weighted by atomic mass is 10.1. The van der Waals surface area contributed by atoms with Crippen LogP contribution >= 0.6 is 33.3 Å². The highest BCUT2D eigenvalue weighted by atomic mass is 33.1. The predicted octanol–water partition coefficient (Wildman–Crippen LogP) is 3.84. The van der Waals surface area contributed by atoms with Crippen molar-refractivity contribution >= 4 is 51.2 Å². The molecule has 3 fully saturated rings. The first-order valence-electron chi connectivity index (χ1n) is 15.4. The molecule has 4 amide bonds. The van der Waals surface area contributed by atoms with Crippen LogP contribution in [-0.4, -0.2) is 98.2 Å². The molecule has 0 aromatic carbocycles. The van der Waals surface area contributed by atoms with E-state index in [1.807, 2.05) is 33.3 Å². The van der Waals surface area contributed by atoms with Crippen LogP contribution in [0.3, 0.4) is 0 Å². The van der Waals surface area contributed by atoms with Crippen LogP contribution in [0.5, 0.6) is 0 Å². The van der Waals surface area contributed by atoms with Crippen molar-refractivity contribution in [2.45, 2.75) is 99.0 Å². The Kier molecular flexibility index (Phi) is 18.4. The quantitative estimate of drug-likeness (QED) is 0.0926. The van der Waals surface area contributed by atoms with Gasteiger partial charge in [0.15, 0.2) is 0 Å². The Bertz CT molecular complexity index is 746. The van der Waals surface area contributed by atoms with Crippen LogP contribution in [0.15, 0.2) is 0 Å². The van der Waals surface area contributed by atoms with Crippen molar-refractivity contribution in [1.29, 1.82) is 0 Å². The van der Waals surface area contributed by atoms with Gasteiger partial charge in [-0.1, -0.05) is 34.4 Å². The molecule has 0 saturated carbocycles. The van der Waals surface area contributed by atoms with Gasteiger partial charge in [-0.3, -0.25) is 9.59 Å². The average Bonchev–Trinajstić information content (AvgIpc) is 3.68. The Morgan fingerprint density at radius 3 is 1.90 bits per heavy atom. The summed E-state index contributed by atoms with van der Waals surface area (Å²) in [5.74, 6) is 1.52. The minimum Gasteiger partial charge on any atom is -0.379 e.